The highest BCUT2D eigenvalue weighted by Crippen LogP contribution is 2.27. The predicted octanol–water partition coefficient (Wildman–Crippen LogP) is 5.91. The second kappa shape index (κ2) is 10.3. The van der Waals surface area contributed by atoms with Crippen LogP contribution in [0.15, 0.2) is 72.8 Å². The van der Waals surface area contributed by atoms with Crippen molar-refractivity contribution in [3.8, 4) is 0 Å². The summed E-state index contributed by atoms with van der Waals surface area (Å²) in [5, 5.41) is 3.71. The summed E-state index contributed by atoms with van der Waals surface area (Å²) in [5.74, 6) is -0.239. The first-order chi connectivity index (χ1) is 15.5. The Labute approximate surface area is 194 Å². The van der Waals surface area contributed by atoms with Crippen LogP contribution in [-0.4, -0.2) is 23.9 Å². The number of rotatable bonds is 6. The minimum Gasteiger partial charge on any atom is -0.345 e. The molecule has 166 valence electrons. The summed E-state index contributed by atoms with van der Waals surface area (Å²) in [7, 11) is 0. The normalized spacial score (nSPS) is 16.0. The molecule has 32 heavy (non-hydrogen) atoms. The standard InChI is InChI=1S/C27H28ClFN2O/c1-19-7-5-6-10-24(19)26(20-8-3-2-4-9-20)30-27(32)21-13-15-31(16-14-21)18-22-11-12-23(28)17-25(22)29/h2-12,17,21,26H,13-16,18H2,1H3,(H,30,32)/t26-/m1/s1. The Morgan fingerprint density at radius 3 is 2.44 bits per heavy atom. The van der Waals surface area contributed by atoms with Crippen LogP contribution in [-0.2, 0) is 11.3 Å². The van der Waals surface area contributed by atoms with Crippen molar-refractivity contribution in [2.75, 3.05) is 13.1 Å². The van der Waals surface area contributed by atoms with E-state index in [0.29, 0.717) is 17.1 Å². The molecule has 1 amide bonds. The molecule has 1 heterocycles. The number of amides is 1. The van der Waals surface area contributed by atoms with Gasteiger partial charge >= 0.3 is 0 Å². The Morgan fingerprint density at radius 2 is 1.75 bits per heavy atom. The van der Waals surface area contributed by atoms with Gasteiger partial charge in [0.25, 0.3) is 0 Å². The number of hydrogen-bond donors (Lipinski definition) is 1. The molecule has 3 aromatic rings. The van der Waals surface area contributed by atoms with Crippen LogP contribution < -0.4 is 5.32 Å². The molecule has 5 heteroatoms. The van der Waals surface area contributed by atoms with Gasteiger partial charge in [0.1, 0.15) is 5.82 Å². The number of carbonyl (C=O) groups excluding carboxylic acids is 1. The topological polar surface area (TPSA) is 32.3 Å². The van der Waals surface area contributed by atoms with E-state index < -0.39 is 0 Å². The molecule has 0 unspecified atom stereocenters. The highest BCUT2D eigenvalue weighted by molar-refractivity contribution is 6.30. The average molecular weight is 451 g/mol. The Balaban J connectivity index is 1.41. The van der Waals surface area contributed by atoms with Gasteiger partial charge in [-0.05, 0) is 61.7 Å². The molecule has 0 radical (unpaired) electrons. The lowest BCUT2D eigenvalue weighted by Gasteiger charge is -2.32. The van der Waals surface area contributed by atoms with Crippen molar-refractivity contribution in [3.05, 3.63) is 106 Å². The van der Waals surface area contributed by atoms with Gasteiger partial charge in [0.15, 0.2) is 0 Å². The molecule has 0 aromatic heterocycles. The third-order valence-corrected chi connectivity index (χ3v) is 6.52. The first kappa shape index (κ1) is 22.5. The van der Waals surface area contributed by atoms with Crippen molar-refractivity contribution in [1.29, 1.82) is 0 Å². The second-order valence-corrected chi connectivity index (χ2v) is 8.93. The zero-order valence-electron chi connectivity index (χ0n) is 18.2. The van der Waals surface area contributed by atoms with E-state index in [-0.39, 0.29) is 23.7 Å². The first-order valence-electron chi connectivity index (χ1n) is 11.1. The number of nitrogens with zero attached hydrogens (tertiary/aromatic N) is 1. The molecular formula is C27H28ClFN2O. The smallest absolute Gasteiger partial charge is 0.223 e. The van der Waals surface area contributed by atoms with Gasteiger partial charge in [-0.1, -0.05) is 72.3 Å². The van der Waals surface area contributed by atoms with E-state index in [9.17, 15) is 9.18 Å². The van der Waals surface area contributed by atoms with Crippen molar-refractivity contribution in [3.63, 3.8) is 0 Å². The van der Waals surface area contributed by atoms with E-state index in [2.05, 4.69) is 41.4 Å². The molecule has 1 saturated heterocycles. The number of piperidine rings is 1. The van der Waals surface area contributed by atoms with Crippen LogP contribution in [0.4, 0.5) is 4.39 Å². The summed E-state index contributed by atoms with van der Waals surface area (Å²) >= 11 is 5.86. The summed E-state index contributed by atoms with van der Waals surface area (Å²) < 4.78 is 14.1. The van der Waals surface area contributed by atoms with Crippen LogP contribution in [0.1, 0.15) is 41.1 Å². The number of likely N-dealkylation sites (tertiary alicyclic amines) is 1. The number of benzene rings is 3. The maximum atomic E-state index is 14.1. The van der Waals surface area contributed by atoms with E-state index in [1.54, 1.807) is 12.1 Å². The summed E-state index contributed by atoms with van der Waals surface area (Å²) in [4.78, 5) is 15.4. The van der Waals surface area contributed by atoms with Crippen molar-refractivity contribution in [2.45, 2.75) is 32.4 Å². The molecule has 4 rings (SSSR count). The van der Waals surface area contributed by atoms with Gasteiger partial charge in [-0.25, -0.2) is 4.39 Å². The summed E-state index contributed by atoms with van der Waals surface area (Å²) in [6.07, 6.45) is 1.52. The van der Waals surface area contributed by atoms with Gasteiger partial charge in [-0.15, -0.1) is 0 Å². The van der Waals surface area contributed by atoms with Crippen molar-refractivity contribution < 1.29 is 9.18 Å². The minimum atomic E-state index is -0.277. The summed E-state index contributed by atoms with van der Waals surface area (Å²) in [6.45, 7) is 4.14. The Hall–Kier alpha value is -2.69. The van der Waals surface area contributed by atoms with Crippen molar-refractivity contribution >= 4 is 17.5 Å². The maximum absolute atomic E-state index is 14.1. The average Bonchev–Trinajstić information content (AvgIpc) is 2.81. The predicted molar refractivity (Wildman–Crippen MR) is 127 cm³/mol. The number of halogens is 2. The lowest BCUT2D eigenvalue weighted by molar-refractivity contribution is -0.127. The molecule has 0 bridgehead atoms. The number of aryl methyl sites for hydroxylation is 1. The van der Waals surface area contributed by atoms with E-state index in [1.807, 2.05) is 30.3 Å². The van der Waals surface area contributed by atoms with Gasteiger partial charge in [0, 0.05) is 23.0 Å². The minimum absolute atomic E-state index is 0.0449. The van der Waals surface area contributed by atoms with Crippen LogP contribution in [0.25, 0.3) is 0 Å². The zero-order chi connectivity index (χ0) is 22.5. The van der Waals surface area contributed by atoms with Gasteiger partial charge < -0.3 is 5.32 Å². The molecule has 3 aromatic carbocycles. The molecule has 0 saturated carbocycles. The Morgan fingerprint density at radius 1 is 1.06 bits per heavy atom. The van der Waals surface area contributed by atoms with Crippen LogP contribution in [0, 0.1) is 18.7 Å². The summed E-state index contributed by atoms with van der Waals surface area (Å²) in [5.41, 5.74) is 3.98. The van der Waals surface area contributed by atoms with Gasteiger partial charge in [0.2, 0.25) is 5.91 Å². The first-order valence-corrected chi connectivity index (χ1v) is 11.5. The molecule has 0 spiro atoms. The third kappa shape index (κ3) is 5.37. The Bertz CT molecular complexity index is 1060. The molecule has 1 atom stereocenters. The fourth-order valence-corrected chi connectivity index (χ4v) is 4.56. The second-order valence-electron chi connectivity index (χ2n) is 8.50. The maximum Gasteiger partial charge on any atom is 0.223 e. The number of nitrogens with one attached hydrogen (secondary N) is 1. The van der Waals surface area contributed by atoms with Crippen molar-refractivity contribution in [1.82, 2.24) is 10.2 Å². The van der Waals surface area contributed by atoms with Crippen molar-refractivity contribution in [2.24, 2.45) is 5.92 Å². The van der Waals surface area contributed by atoms with Gasteiger partial charge in [-0.3, -0.25) is 9.69 Å². The molecule has 3 nitrogen and oxygen atoms in total. The summed E-state index contributed by atoms with van der Waals surface area (Å²) in [6, 6.07) is 22.9. The Kier molecular flexibility index (Phi) is 7.23. The lowest BCUT2D eigenvalue weighted by atomic mass is 9.92. The quantitative estimate of drug-likeness (QED) is 0.506. The van der Waals surface area contributed by atoms with Gasteiger partial charge in [0.05, 0.1) is 6.04 Å². The number of hydrogen-bond acceptors (Lipinski definition) is 2. The fraction of sp³-hybridized carbons (Fsp3) is 0.296. The van der Waals surface area contributed by atoms with Crippen LogP contribution in [0.3, 0.4) is 0 Å². The fourth-order valence-electron chi connectivity index (χ4n) is 4.40. The van der Waals surface area contributed by atoms with Crippen LogP contribution >= 0.6 is 11.6 Å². The zero-order valence-corrected chi connectivity index (χ0v) is 19.0. The molecule has 1 N–H and O–H groups in total. The highest BCUT2D eigenvalue weighted by Gasteiger charge is 2.28. The van der Waals surface area contributed by atoms with E-state index in [1.165, 1.54) is 6.07 Å². The third-order valence-electron chi connectivity index (χ3n) is 6.29. The molecule has 1 aliphatic heterocycles. The van der Waals surface area contributed by atoms with Crippen LogP contribution in [0.5, 0.6) is 0 Å². The van der Waals surface area contributed by atoms with Crippen LogP contribution in [0.2, 0.25) is 5.02 Å². The number of carbonyl (C=O) groups is 1. The van der Waals surface area contributed by atoms with Gasteiger partial charge in [-0.2, -0.15) is 0 Å². The highest BCUT2D eigenvalue weighted by atomic mass is 35.5. The molecule has 1 aliphatic rings. The monoisotopic (exact) mass is 450 g/mol. The van der Waals surface area contributed by atoms with E-state index in [4.69, 9.17) is 11.6 Å². The largest absolute Gasteiger partial charge is 0.345 e. The van der Waals surface area contributed by atoms with E-state index >= 15 is 0 Å². The molecular weight excluding hydrogens is 423 g/mol. The molecule has 1 fully saturated rings. The molecule has 0 aliphatic carbocycles. The van der Waals surface area contributed by atoms with E-state index in [0.717, 1.165) is 42.6 Å². The SMILES string of the molecule is Cc1ccccc1[C@H](NC(=O)C1CCN(Cc2ccc(Cl)cc2F)CC1)c1ccccc1. The lowest BCUT2D eigenvalue weighted by Crippen LogP contribution is -2.41.